The van der Waals surface area contributed by atoms with Crippen molar-refractivity contribution in [1.82, 2.24) is 15.0 Å². The smallest absolute Gasteiger partial charge is 0.406 e. The third-order valence-electron chi connectivity index (χ3n) is 5.81. The van der Waals surface area contributed by atoms with Gasteiger partial charge in [-0.3, -0.25) is 9.99 Å². The van der Waals surface area contributed by atoms with Gasteiger partial charge in [0.1, 0.15) is 12.1 Å². The molecule has 38 heavy (non-hydrogen) atoms. The summed E-state index contributed by atoms with van der Waals surface area (Å²) in [6, 6.07) is 23.4. The molecule has 4 aromatic carbocycles. The molecule has 1 heterocycles. The van der Waals surface area contributed by atoms with Crippen molar-refractivity contribution in [2.75, 3.05) is 6.26 Å². The summed E-state index contributed by atoms with van der Waals surface area (Å²) in [6.45, 7) is 2.01. The van der Waals surface area contributed by atoms with Gasteiger partial charge < -0.3 is 4.74 Å². The number of ether oxygens (including phenoxy) is 1. The molecule has 0 saturated carbocycles. The number of aromatic nitrogens is 2. The Bertz CT molecular complexity index is 1660. The molecule has 5 rings (SSSR count). The molecule has 0 amide bonds. The number of rotatable bonds is 5. The van der Waals surface area contributed by atoms with Crippen LogP contribution < -0.4 is 10.2 Å². The first-order valence-corrected chi connectivity index (χ1v) is 12.8. The summed E-state index contributed by atoms with van der Waals surface area (Å²) >= 11 is 1.47. The Kier molecular flexibility index (Phi) is 7.06. The first-order valence-electron chi connectivity index (χ1n) is 11.5. The Balaban J connectivity index is 1.36. The molecule has 0 atom stereocenters. The summed E-state index contributed by atoms with van der Waals surface area (Å²) in [5.74, 6) is -0.272. The lowest BCUT2D eigenvalue weighted by atomic mass is 10.1. The molecule has 0 aliphatic rings. The second kappa shape index (κ2) is 10.6. The number of aryl methyl sites for hydroxylation is 1. The van der Waals surface area contributed by atoms with E-state index in [1.54, 1.807) is 24.7 Å². The van der Waals surface area contributed by atoms with Gasteiger partial charge in [-0.15, -0.1) is 13.2 Å². The van der Waals surface area contributed by atoms with Gasteiger partial charge >= 0.3 is 6.36 Å². The van der Waals surface area contributed by atoms with Crippen LogP contribution in [0.3, 0.4) is 0 Å². The number of halogens is 3. The van der Waals surface area contributed by atoms with Crippen molar-refractivity contribution in [3.63, 3.8) is 0 Å². The summed E-state index contributed by atoms with van der Waals surface area (Å²) in [5.41, 5.74) is 8.18. The molecule has 0 bridgehead atoms. The predicted molar refractivity (Wildman–Crippen MR) is 148 cm³/mol. The van der Waals surface area contributed by atoms with Gasteiger partial charge in [0.25, 0.3) is 0 Å². The number of fused-ring (bicyclic) bond motifs is 3. The largest absolute Gasteiger partial charge is 0.573 e. The molecule has 0 aliphatic heterocycles. The fourth-order valence-corrected chi connectivity index (χ4v) is 4.33. The number of nitrogens with zero attached hydrogens (tertiary/aromatic N) is 4. The minimum Gasteiger partial charge on any atom is -0.406 e. The fraction of sp³-hybridized carbons (Fsp3) is 0.107. The number of hydrogen-bond donors (Lipinski definition) is 1. The molecule has 0 spiro atoms. The van der Waals surface area contributed by atoms with E-state index in [2.05, 4.69) is 25.2 Å². The first kappa shape index (κ1) is 25.3. The van der Waals surface area contributed by atoms with Crippen LogP contribution in [0.25, 0.3) is 27.5 Å². The number of para-hydroxylation sites is 1. The lowest BCUT2D eigenvalue weighted by molar-refractivity contribution is -0.274. The molecular formula is C28H22F3N5OS. The van der Waals surface area contributed by atoms with Gasteiger partial charge in [0.15, 0.2) is 5.17 Å². The third kappa shape index (κ3) is 5.65. The van der Waals surface area contributed by atoms with Gasteiger partial charge in [-0.2, -0.15) is 5.10 Å². The van der Waals surface area contributed by atoms with Crippen molar-refractivity contribution in [2.24, 2.45) is 10.1 Å². The lowest BCUT2D eigenvalue weighted by Gasteiger charge is -2.10. The highest BCUT2D eigenvalue weighted by Crippen LogP contribution is 2.29. The van der Waals surface area contributed by atoms with Crippen LogP contribution in [0, 0.1) is 6.92 Å². The Morgan fingerprint density at radius 1 is 1.03 bits per heavy atom. The van der Waals surface area contributed by atoms with Gasteiger partial charge in [-0.25, -0.2) is 9.98 Å². The zero-order valence-corrected chi connectivity index (χ0v) is 21.2. The van der Waals surface area contributed by atoms with E-state index in [9.17, 15) is 13.2 Å². The van der Waals surface area contributed by atoms with Gasteiger partial charge in [-0.05, 0) is 72.2 Å². The molecule has 0 saturated heterocycles. The Labute approximate surface area is 220 Å². The van der Waals surface area contributed by atoms with Crippen molar-refractivity contribution in [2.45, 2.75) is 13.3 Å². The molecule has 0 fully saturated rings. The Morgan fingerprint density at radius 2 is 1.82 bits per heavy atom. The lowest BCUT2D eigenvalue weighted by Crippen LogP contribution is -2.17. The van der Waals surface area contributed by atoms with E-state index < -0.39 is 6.36 Å². The molecule has 10 heteroatoms. The van der Waals surface area contributed by atoms with Crippen molar-refractivity contribution in [3.05, 3.63) is 96.3 Å². The van der Waals surface area contributed by atoms with E-state index in [4.69, 9.17) is 0 Å². The molecule has 0 unspecified atom stereocenters. The predicted octanol–water partition coefficient (Wildman–Crippen LogP) is 7.36. The minimum absolute atomic E-state index is 0.272. The Morgan fingerprint density at radius 3 is 2.55 bits per heavy atom. The van der Waals surface area contributed by atoms with E-state index in [1.807, 2.05) is 72.3 Å². The van der Waals surface area contributed by atoms with Crippen LogP contribution in [0.1, 0.15) is 11.1 Å². The van der Waals surface area contributed by atoms with Crippen molar-refractivity contribution < 1.29 is 17.9 Å². The molecule has 1 N–H and O–H groups in total. The number of nitrogens with one attached hydrogen (secondary N) is 1. The van der Waals surface area contributed by atoms with E-state index >= 15 is 0 Å². The number of imidazole rings is 1. The number of hydrazone groups is 1. The summed E-state index contributed by atoms with van der Waals surface area (Å²) in [7, 11) is 0. The zero-order valence-electron chi connectivity index (χ0n) is 20.4. The molecule has 1 aromatic heterocycles. The maximum atomic E-state index is 12.5. The zero-order chi connectivity index (χ0) is 26.7. The molecule has 0 radical (unpaired) electrons. The van der Waals surface area contributed by atoms with Crippen LogP contribution in [0.5, 0.6) is 5.75 Å². The van der Waals surface area contributed by atoms with Gasteiger partial charge in [-0.1, -0.05) is 48.2 Å². The van der Waals surface area contributed by atoms with Crippen molar-refractivity contribution in [1.29, 1.82) is 0 Å². The highest BCUT2D eigenvalue weighted by Gasteiger charge is 2.31. The van der Waals surface area contributed by atoms with Gasteiger partial charge in [0, 0.05) is 11.1 Å². The topological polar surface area (TPSA) is 63.8 Å². The monoisotopic (exact) mass is 533 g/mol. The average molecular weight is 534 g/mol. The second-order valence-corrected chi connectivity index (χ2v) is 9.14. The highest BCUT2D eigenvalue weighted by atomic mass is 32.2. The second-order valence-electron chi connectivity index (χ2n) is 8.35. The number of hydrogen-bond acceptors (Lipinski definition) is 5. The number of alkyl halides is 3. The highest BCUT2D eigenvalue weighted by molar-refractivity contribution is 8.13. The maximum absolute atomic E-state index is 12.5. The van der Waals surface area contributed by atoms with E-state index in [1.165, 1.54) is 23.9 Å². The summed E-state index contributed by atoms with van der Waals surface area (Å²) in [5, 5.41) is 6.97. The number of aliphatic imine (C=N–C) groups is 1. The molecular weight excluding hydrogens is 511 g/mol. The van der Waals surface area contributed by atoms with Gasteiger partial charge in [0.05, 0.1) is 22.9 Å². The average Bonchev–Trinajstić information content (AvgIpc) is 3.33. The standard InChI is InChI=1S/C28H22F3N5OS/c1-18-5-3-4-6-24(18)34-27(38-2)35-33-16-19-7-13-23-20(15-19)8-14-25-26(23)32-17-36(25)21-9-11-22(12-10-21)37-28(29,30)31/h3-17H,1-2H3,(H,34,35)/b33-16+. The van der Waals surface area contributed by atoms with Gasteiger partial charge in [0.2, 0.25) is 0 Å². The number of amidine groups is 1. The van der Waals surface area contributed by atoms with E-state index in [-0.39, 0.29) is 5.75 Å². The normalized spacial score (nSPS) is 12.5. The maximum Gasteiger partial charge on any atom is 0.573 e. The third-order valence-corrected chi connectivity index (χ3v) is 6.38. The van der Waals surface area contributed by atoms with Crippen molar-refractivity contribution in [3.8, 4) is 11.4 Å². The fourth-order valence-electron chi connectivity index (χ4n) is 4.00. The first-order chi connectivity index (χ1) is 18.3. The summed E-state index contributed by atoms with van der Waals surface area (Å²) in [6.07, 6.45) is 0.593. The molecule has 0 aliphatic carbocycles. The van der Waals surface area contributed by atoms with Crippen LogP contribution in [0.15, 0.2) is 95.3 Å². The molecule has 192 valence electrons. The Hall–Kier alpha value is -4.31. The van der Waals surface area contributed by atoms with Crippen LogP contribution in [0.4, 0.5) is 18.9 Å². The minimum atomic E-state index is -4.73. The van der Waals surface area contributed by atoms with Crippen LogP contribution in [-0.4, -0.2) is 33.6 Å². The number of thioether (sulfide) groups is 1. The summed E-state index contributed by atoms with van der Waals surface area (Å²) < 4.78 is 43.2. The van der Waals surface area contributed by atoms with E-state index in [0.29, 0.717) is 10.9 Å². The van der Waals surface area contributed by atoms with Crippen LogP contribution >= 0.6 is 11.8 Å². The number of benzene rings is 4. The molecule has 6 nitrogen and oxygen atoms in total. The SMILES string of the molecule is CSC(=Nc1ccccc1C)N/N=C/c1ccc2c(ccc3c2ncn3-c2ccc(OC(F)(F)F)cc2)c1. The van der Waals surface area contributed by atoms with Crippen LogP contribution in [0.2, 0.25) is 0 Å². The summed E-state index contributed by atoms with van der Waals surface area (Å²) in [4.78, 5) is 9.19. The quantitative estimate of drug-likeness (QED) is 0.146. The van der Waals surface area contributed by atoms with Crippen LogP contribution in [-0.2, 0) is 0 Å². The molecule has 5 aromatic rings. The van der Waals surface area contributed by atoms with Crippen molar-refractivity contribution >= 4 is 50.6 Å². The van der Waals surface area contributed by atoms with E-state index in [0.717, 1.165) is 38.6 Å².